The summed E-state index contributed by atoms with van der Waals surface area (Å²) in [6, 6.07) is 2.10. The van der Waals surface area contributed by atoms with Gasteiger partial charge in [0, 0.05) is 31.5 Å². The first-order chi connectivity index (χ1) is 9.45. The lowest BCUT2D eigenvalue weighted by atomic mass is 9.92. The van der Waals surface area contributed by atoms with Crippen molar-refractivity contribution in [2.45, 2.75) is 32.2 Å². The van der Waals surface area contributed by atoms with Crippen LogP contribution in [0.15, 0.2) is 18.5 Å². The molecule has 0 aromatic carbocycles. The van der Waals surface area contributed by atoms with Crippen LogP contribution in [0.2, 0.25) is 0 Å². The van der Waals surface area contributed by atoms with Crippen LogP contribution < -0.4 is 11.1 Å². The second-order valence-electron chi connectivity index (χ2n) is 5.92. The summed E-state index contributed by atoms with van der Waals surface area (Å²) in [5, 5.41) is 7.91. The summed E-state index contributed by atoms with van der Waals surface area (Å²) in [5.41, 5.74) is 7.72. The van der Waals surface area contributed by atoms with Crippen molar-refractivity contribution in [2.75, 3.05) is 25.6 Å². The smallest absolute Gasteiger partial charge is 0.152 e. The summed E-state index contributed by atoms with van der Waals surface area (Å²) in [6.45, 7) is 7.45. The molecule has 0 bridgehead atoms. The second kappa shape index (κ2) is 5.76. The molecule has 0 aliphatic heterocycles. The van der Waals surface area contributed by atoms with Gasteiger partial charge in [0.2, 0.25) is 0 Å². The Hall–Kier alpha value is -1.66. The molecular formula is C14H23N5O. The summed E-state index contributed by atoms with van der Waals surface area (Å²) in [4.78, 5) is 4.39. The molecule has 1 unspecified atom stereocenters. The number of hydrogen-bond donors (Lipinski definition) is 2. The van der Waals surface area contributed by atoms with Gasteiger partial charge in [-0.2, -0.15) is 5.10 Å². The standard InChI is InChI=1S/C14H23N5O/c1-14(2,3)12-7-11-13(16-5-6-19(11)18-12)17-10(8-15)9-20-4/h5-7,10H,8-9,15H2,1-4H3,(H,16,17). The fraction of sp³-hybridized carbons (Fsp3) is 0.571. The molecule has 0 radical (unpaired) electrons. The van der Waals surface area contributed by atoms with Gasteiger partial charge in [-0.25, -0.2) is 9.50 Å². The fourth-order valence-corrected chi connectivity index (χ4v) is 1.96. The Labute approximate surface area is 119 Å². The normalized spacial score (nSPS) is 13.7. The van der Waals surface area contributed by atoms with Gasteiger partial charge >= 0.3 is 0 Å². The summed E-state index contributed by atoms with van der Waals surface area (Å²) >= 11 is 0. The number of rotatable bonds is 5. The molecule has 0 aliphatic rings. The van der Waals surface area contributed by atoms with Crippen molar-refractivity contribution in [3.8, 4) is 0 Å². The third-order valence-electron chi connectivity index (χ3n) is 3.15. The maximum Gasteiger partial charge on any atom is 0.152 e. The van der Waals surface area contributed by atoms with Crippen molar-refractivity contribution >= 4 is 11.3 Å². The lowest BCUT2D eigenvalue weighted by Crippen LogP contribution is -2.33. The minimum Gasteiger partial charge on any atom is -0.383 e. The fourth-order valence-electron chi connectivity index (χ4n) is 1.96. The summed E-state index contributed by atoms with van der Waals surface area (Å²) in [5.74, 6) is 0.781. The van der Waals surface area contributed by atoms with Crippen molar-refractivity contribution in [1.29, 1.82) is 0 Å². The van der Waals surface area contributed by atoms with E-state index >= 15 is 0 Å². The van der Waals surface area contributed by atoms with Gasteiger partial charge in [0.25, 0.3) is 0 Å². The molecule has 6 nitrogen and oxygen atoms in total. The van der Waals surface area contributed by atoms with E-state index in [1.165, 1.54) is 0 Å². The molecule has 3 N–H and O–H groups in total. The van der Waals surface area contributed by atoms with Gasteiger partial charge in [-0.05, 0) is 6.07 Å². The number of nitrogens with one attached hydrogen (secondary N) is 1. The third-order valence-corrected chi connectivity index (χ3v) is 3.15. The predicted molar refractivity (Wildman–Crippen MR) is 80.0 cm³/mol. The molecule has 0 spiro atoms. The van der Waals surface area contributed by atoms with Gasteiger partial charge in [-0.15, -0.1) is 0 Å². The number of fused-ring (bicyclic) bond motifs is 1. The number of nitrogens with zero attached hydrogens (tertiary/aromatic N) is 3. The molecule has 2 aromatic heterocycles. The topological polar surface area (TPSA) is 77.5 Å². The molecule has 110 valence electrons. The Bertz CT molecular complexity index is 572. The minimum absolute atomic E-state index is 0.00306. The summed E-state index contributed by atoms with van der Waals surface area (Å²) in [7, 11) is 1.66. The highest BCUT2D eigenvalue weighted by Gasteiger charge is 2.19. The zero-order chi connectivity index (χ0) is 14.8. The largest absolute Gasteiger partial charge is 0.383 e. The first kappa shape index (κ1) is 14.7. The zero-order valence-electron chi connectivity index (χ0n) is 12.6. The molecule has 6 heteroatoms. The monoisotopic (exact) mass is 277 g/mol. The Morgan fingerprint density at radius 3 is 2.80 bits per heavy atom. The Morgan fingerprint density at radius 2 is 2.20 bits per heavy atom. The van der Waals surface area contributed by atoms with Crippen molar-refractivity contribution < 1.29 is 4.74 Å². The lowest BCUT2D eigenvalue weighted by molar-refractivity contribution is 0.187. The lowest BCUT2D eigenvalue weighted by Gasteiger charge is -2.16. The van der Waals surface area contributed by atoms with E-state index in [2.05, 4.69) is 42.2 Å². The van der Waals surface area contributed by atoms with E-state index in [0.29, 0.717) is 13.2 Å². The average Bonchev–Trinajstić information content (AvgIpc) is 2.83. The molecular weight excluding hydrogens is 254 g/mol. The molecule has 0 saturated heterocycles. The third kappa shape index (κ3) is 3.08. The van der Waals surface area contributed by atoms with Crippen molar-refractivity contribution in [3.63, 3.8) is 0 Å². The molecule has 1 atom stereocenters. The van der Waals surface area contributed by atoms with Gasteiger partial charge in [-0.1, -0.05) is 20.8 Å². The van der Waals surface area contributed by atoms with Crippen LogP contribution in [0.25, 0.3) is 5.52 Å². The van der Waals surface area contributed by atoms with Crippen LogP contribution in [-0.2, 0) is 10.2 Å². The SMILES string of the molecule is COCC(CN)Nc1nccn2nc(C(C)(C)C)cc12. The number of hydrogen-bond acceptors (Lipinski definition) is 5. The molecule has 0 aliphatic carbocycles. The predicted octanol–water partition coefficient (Wildman–Crippen LogP) is 1.41. The first-order valence-electron chi connectivity index (χ1n) is 6.76. The molecule has 0 fully saturated rings. The van der Waals surface area contributed by atoms with E-state index in [4.69, 9.17) is 10.5 Å². The maximum absolute atomic E-state index is 5.73. The van der Waals surface area contributed by atoms with E-state index in [-0.39, 0.29) is 11.5 Å². The molecule has 0 amide bonds. The Morgan fingerprint density at radius 1 is 1.45 bits per heavy atom. The van der Waals surface area contributed by atoms with E-state index < -0.39 is 0 Å². The second-order valence-corrected chi connectivity index (χ2v) is 5.92. The highest BCUT2D eigenvalue weighted by molar-refractivity contribution is 5.68. The minimum atomic E-state index is 0.00306. The number of ether oxygens (including phenoxy) is 1. The molecule has 2 heterocycles. The van der Waals surface area contributed by atoms with Crippen molar-refractivity contribution in [1.82, 2.24) is 14.6 Å². The summed E-state index contributed by atoms with van der Waals surface area (Å²) < 4.78 is 6.99. The van der Waals surface area contributed by atoms with Gasteiger partial charge in [0.05, 0.1) is 18.3 Å². The van der Waals surface area contributed by atoms with Crippen LogP contribution in [0.5, 0.6) is 0 Å². The van der Waals surface area contributed by atoms with Gasteiger partial charge in [0.1, 0.15) is 5.52 Å². The quantitative estimate of drug-likeness (QED) is 0.864. The van der Waals surface area contributed by atoms with E-state index in [1.54, 1.807) is 13.3 Å². The van der Waals surface area contributed by atoms with Crippen LogP contribution in [0.3, 0.4) is 0 Å². The molecule has 2 rings (SSSR count). The van der Waals surface area contributed by atoms with Gasteiger partial charge in [-0.3, -0.25) is 0 Å². The van der Waals surface area contributed by atoms with Crippen LogP contribution in [0.4, 0.5) is 5.82 Å². The Balaban J connectivity index is 2.36. The van der Waals surface area contributed by atoms with Crippen molar-refractivity contribution in [2.24, 2.45) is 5.73 Å². The molecule has 20 heavy (non-hydrogen) atoms. The first-order valence-corrected chi connectivity index (χ1v) is 6.76. The number of aromatic nitrogens is 3. The van der Waals surface area contributed by atoms with Crippen LogP contribution in [0.1, 0.15) is 26.5 Å². The van der Waals surface area contributed by atoms with Crippen LogP contribution in [0, 0.1) is 0 Å². The van der Waals surface area contributed by atoms with E-state index in [0.717, 1.165) is 17.0 Å². The Kier molecular flexibility index (Phi) is 4.25. The number of nitrogens with two attached hydrogens (primary N) is 1. The van der Waals surface area contributed by atoms with Gasteiger partial charge in [0.15, 0.2) is 5.82 Å². The summed E-state index contributed by atoms with van der Waals surface area (Å²) in [6.07, 6.45) is 3.58. The maximum atomic E-state index is 5.73. The highest BCUT2D eigenvalue weighted by Crippen LogP contribution is 2.24. The van der Waals surface area contributed by atoms with E-state index in [1.807, 2.05) is 10.7 Å². The number of anilines is 1. The van der Waals surface area contributed by atoms with Crippen LogP contribution >= 0.6 is 0 Å². The van der Waals surface area contributed by atoms with Crippen molar-refractivity contribution in [3.05, 3.63) is 24.2 Å². The number of methoxy groups -OCH3 is 1. The molecule has 2 aromatic rings. The average molecular weight is 277 g/mol. The molecule has 0 saturated carbocycles. The van der Waals surface area contributed by atoms with Crippen LogP contribution in [-0.4, -0.2) is 40.9 Å². The highest BCUT2D eigenvalue weighted by atomic mass is 16.5. The van der Waals surface area contributed by atoms with Gasteiger partial charge < -0.3 is 15.8 Å². The zero-order valence-corrected chi connectivity index (χ0v) is 12.6. The van der Waals surface area contributed by atoms with E-state index in [9.17, 15) is 0 Å².